The van der Waals surface area contributed by atoms with Crippen LogP contribution in [-0.2, 0) is 0 Å². The van der Waals surface area contributed by atoms with E-state index in [9.17, 15) is 0 Å². The van der Waals surface area contributed by atoms with Crippen LogP contribution in [0, 0.1) is 0 Å². The molecule has 1 unspecified atom stereocenters. The Labute approximate surface area is 97.4 Å². The molecule has 0 bridgehead atoms. The Balaban J connectivity index is 2.68. The first-order chi connectivity index (χ1) is 6.65. The van der Waals surface area contributed by atoms with Crippen molar-refractivity contribution in [2.24, 2.45) is 0 Å². The molecule has 1 rings (SSSR count). The van der Waals surface area contributed by atoms with Crippen LogP contribution in [0.15, 0.2) is 16.9 Å². The molecule has 0 saturated carbocycles. The summed E-state index contributed by atoms with van der Waals surface area (Å²) in [5.41, 5.74) is 0. The van der Waals surface area contributed by atoms with E-state index in [1.807, 2.05) is 18.8 Å². The predicted molar refractivity (Wildman–Crippen MR) is 66.0 cm³/mol. The molecule has 0 aliphatic heterocycles. The number of thioether (sulfide) groups is 1. The van der Waals surface area contributed by atoms with Gasteiger partial charge in [0, 0.05) is 31.2 Å². The minimum atomic E-state index is 0.450. The van der Waals surface area contributed by atoms with E-state index >= 15 is 0 Å². The molecule has 5 heteroatoms. The second-order valence-electron chi connectivity index (χ2n) is 3.12. The molecule has 0 aliphatic rings. The molecule has 0 fully saturated rings. The Bertz CT molecular complexity index is 278. The molecule has 0 spiro atoms. The van der Waals surface area contributed by atoms with Gasteiger partial charge in [-0.15, -0.1) is 0 Å². The SMILES string of the molecule is CSCC(C)N(C)c1ncc(Br)cn1. The lowest BCUT2D eigenvalue weighted by atomic mass is 10.3. The highest BCUT2D eigenvalue weighted by Gasteiger charge is 2.11. The maximum absolute atomic E-state index is 4.24. The lowest BCUT2D eigenvalue weighted by Crippen LogP contribution is -2.32. The highest BCUT2D eigenvalue weighted by Crippen LogP contribution is 2.13. The zero-order valence-corrected chi connectivity index (χ0v) is 11.0. The van der Waals surface area contributed by atoms with Crippen molar-refractivity contribution < 1.29 is 0 Å². The average molecular weight is 276 g/mol. The van der Waals surface area contributed by atoms with Crippen LogP contribution in [0.25, 0.3) is 0 Å². The van der Waals surface area contributed by atoms with Crippen molar-refractivity contribution in [3.05, 3.63) is 16.9 Å². The molecule has 78 valence electrons. The van der Waals surface area contributed by atoms with Crippen molar-refractivity contribution in [2.45, 2.75) is 13.0 Å². The summed E-state index contributed by atoms with van der Waals surface area (Å²) >= 11 is 5.14. The summed E-state index contributed by atoms with van der Waals surface area (Å²) in [6, 6.07) is 0.450. The maximum atomic E-state index is 4.24. The minimum absolute atomic E-state index is 0.450. The van der Waals surface area contributed by atoms with Crippen LogP contribution in [0.5, 0.6) is 0 Å². The van der Waals surface area contributed by atoms with Crippen LogP contribution >= 0.6 is 27.7 Å². The summed E-state index contributed by atoms with van der Waals surface area (Å²) in [7, 11) is 2.02. The fraction of sp³-hybridized carbons (Fsp3) is 0.556. The van der Waals surface area contributed by atoms with Crippen LogP contribution in [0.2, 0.25) is 0 Å². The topological polar surface area (TPSA) is 29.0 Å². The summed E-state index contributed by atoms with van der Waals surface area (Å²) in [6.07, 6.45) is 5.64. The molecule has 0 aromatic carbocycles. The largest absolute Gasteiger partial charge is 0.340 e. The fourth-order valence-corrected chi connectivity index (χ4v) is 1.95. The summed E-state index contributed by atoms with van der Waals surface area (Å²) in [4.78, 5) is 10.6. The van der Waals surface area contributed by atoms with E-state index < -0.39 is 0 Å². The van der Waals surface area contributed by atoms with Crippen molar-refractivity contribution in [1.29, 1.82) is 0 Å². The number of halogens is 1. The lowest BCUT2D eigenvalue weighted by molar-refractivity contribution is 0.738. The van der Waals surface area contributed by atoms with Gasteiger partial charge in [-0.05, 0) is 29.1 Å². The van der Waals surface area contributed by atoms with E-state index in [1.165, 1.54) is 0 Å². The Kier molecular flexibility index (Phi) is 4.68. The number of rotatable bonds is 4. The molecule has 0 amide bonds. The van der Waals surface area contributed by atoms with E-state index in [2.05, 4.69) is 44.0 Å². The highest BCUT2D eigenvalue weighted by molar-refractivity contribution is 9.10. The van der Waals surface area contributed by atoms with Gasteiger partial charge in [-0.1, -0.05) is 0 Å². The molecule has 1 atom stereocenters. The van der Waals surface area contributed by atoms with E-state index in [-0.39, 0.29) is 0 Å². The van der Waals surface area contributed by atoms with Gasteiger partial charge in [0.25, 0.3) is 0 Å². The van der Waals surface area contributed by atoms with Gasteiger partial charge >= 0.3 is 0 Å². The van der Waals surface area contributed by atoms with Gasteiger partial charge in [0.15, 0.2) is 0 Å². The van der Waals surface area contributed by atoms with E-state index in [1.54, 1.807) is 12.4 Å². The van der Waals surface area contributed by atoms with E-state index in [0.29, 0.717) is 6.04 Å². The number of hydrogen-bond donors (Lipinski definition) is 0. The van der Waals surface area contributed by atoms with Crippen molar-refractivity contribution in [3.63, 3.8) is 0 Å². The first-order valence-electron chi connectivity index (χ1n) is 4.34. The average Bonchev–Trinajstić information content (AvgIpc) is 2.18. The van der Waals surface area contributed by atoms with Crippen LogP contribution in [-0.4, -0.2) is 35.1 Å². The van der Waals surface area contributed by atoms with Gasteiger partial charge in [-0.25, -0.2) is 9.97 Å². The summed E-state index contributed by atoms with van der Waals surface area (Å²) < 4.78 is 0.909. The normalized spacial score (nSPS) is 12.6. The van der Waals surface area contributed by atoms with Crippen molar-refractivity contribution in [2.75, 3.05) is 24.0 Å². The number of anilines is 1. The Morgan fingerprint density at radius 3 is 2.57 bits per heavy atom. The van der Waals surface area contributed by atoms with Crippen LogP contribution in [0.4, 0.5) is 5.95 Å². The molecule has 0 radical (unpaired) electrons. The van der Waals surface area contributed by atoms with Crippen LogP contribution in [0.3, 0.4) is 0 Å². The van der Waals surface area contributed by atoms with Crippen molar-refractivity contribution in [3.8, 4) is 0 Å². The van der Waals surface area contributed by atoms with Gasteiger partial charge < -0.3 is 4.90 Å². The molecule has 1 heterocycles. The Hall–Kier alpha value is -0.290. The second kappa shape index (κ2) is 5.56. The number of nitrogens with zero attached hydrogens (tertiary/aromatic N) is 3. The second-order valence-corrected chi connectivity index (χ2v) is 4.94. The molecular formula is C9H14BrN3S. The van der Waals surface area contributed by atoms with Gasteiger partial charge in [-0.2, -0.15) is 11.8 Å². The first kappa shape index (κ1) is 11.8. The Morgan fingerprint density at radius 1 is 1.50 bits per heavy atom. The van der Waals surface area contributed by atoms with Gasteiger partial charge in [0.05, 0.1) is 4.47 Å². The molecule has 0 saturated heterocycles. The number of aromatic nitrogens is 2. The van der Waals surface area contributed by atoms with E-state index in [4.69, 9.17) is 0 Å². The van der Waals surface area contributed by atoms with E-state index in [0.717, 1.165) is 16.2 Å². The molecule has 14 heavy (non-hydrogen) atoms. The predicted octanol–water partition coefficient (Wildman–Crippen LogP) is 2.43. The third kappa shape index (κ3) is 3.13. The molecule has 3 nitrogen and oxygen atoms in total. The van der Waals surface area contributed by atoms with Crippen LogP contribution in [0.1, 0.15) is 6.92 Å². The molecular weight excluding hydrogens is 262 g/mol. The standard InChI is InChI=1S/C9H14BrN3S/c1-7(6-14-3)13(2)9-11-4-8(10)5-12-9/h4-5,7H,6H2,1-3H3. The van der Waals surface area contributed by atoms with Gasteiger partial charge in [0.1, 0.15) is 0 Å². The minimum Gasteiger partial charge on any atom is -0.340 e. The fourth-order valence-electron chi connectivity index (χ4n) is 1.04. The van der Waals surface area contributed by atoms with Crippen LogP contribution < -0.4 is 4.90 Å². The zero-order chi connectivity index (χ0) is 10.6. The zero-order valence-electron chi connectivity index (χ0n) is 8.57. The lowest BCUT2D eigenvalue weighted by Gasteiger charge is -2.23. The Morgan fingerprint density at radius 2 is 2.07 bits per heavy atom. The quantitative estimate of drug-likeness (QED) is 0.844. The summed E-state index contributed by atoms with van der Waals surface area (Å²) in [6.45, 7) is 2.17. The monoisotopic (exact) mass is 275 g/mol. The number of hydrogen-bond acceptors (Lipinski definition) is 4. The van der Waals surface area contributed by atoms with Gasteiger partial charge in [-0.3, -0.25) is 0 Å². The molecule has 1 aromatic heterocycles. The summed E-state index contributed by atoms with van der Waals surface area (Å²) in [5, 5.41) is 0. The molecule has 0 aliphatic carbocycles. The van der Waals surface area contributed by atoms with Crippen molar-refractivity contribution >= 4 is 33.6 Å². The smallest absolute Gasteiger partial charge is 0.225 e. The van der Waals surface area contributed by atoms with Crippen molar-refractivity contribution in [1.82, 2.24) is 9.97 Å². The molecule has 1 aromatic rings. The van der Waals surface area contributed by atoms with Gasteiger partial charge in [0.2, 0.25) is 5.95 Å². The molecule has 0 N–H and O–H groups in total. The maximum Gasteiger partial charge on any atom is 0.225 e. The first-order valence-corrected chi connectivity index (χ1v) is 6.53. The third-order valence-corrected chi connectivity index (χ3v) is 3.22. The summed E-state index contributed by atoms with van der Waals surface area (Å²) in [5.74, 6) is 1.85. The highest BCUT2D eigenvalue weighted by atomic mass is 79.9. The third-order valence-electron chi connectivity index (χ3n) is 1.99.